The van der Waals surface area contributed by atoms with Gasteiger partial charge in [0.2, 0.25) is 5.82 Å². The summed E-state index contributed by atoms with van der Waals surface area (Å²) >= 11 is 0. The smallest absolute Gasteiger partial charge is 0.312 e. The first-order valence-corrected chi connectivity index (χ1v) is 5.72. The van der Waals surface area contributed by atoms with E-state index < -0.39 is 4.92 Å². The van der Waals surface area contributed by atoms with Crippen molar-refractivity contribution >= 4 is 11.5 Å². The minimum Gasteiger partial charge on any atom is -0.363 e. The number of hydrogen-bond donors (Lipinski definition) is 2. The van der Waals surface area contributed by atoms with E-state index in [4.69, 9.17) is 5.26 Å². The van der Waals surface area contributed by atoms with Crippen LogP contribution in [-0.4, -0.2) is 29.0 Å². The molecule has 1 atom stereocenters. The van der Waals surface area contributed by atoms with Gasteiger partial charge in [0.15, 0.2) is 0 Å². The number of pyridine rings is 1. The van der Waals surface area contributed by atoms with Crippen LogP contribution in [0.1, 0.15) is 18.4 Å². The van der Waals surface area contributed by atoms with Crippen LogP contribution in [-0.2, 0) is 0 Å². The van der Waals surface area contributed by atoms with Crippen LogP contribution in [0.25, 0.3) is 0 Å². The third-order valence-corrected chi connectivity index (χ3v) is 2.87. The number of nitriles is 1. The Morgan fingerprint density at radius 2 is 2.56 bits per heavy atom. The molecule has 7 heteroatoms. The molecule has 0 spiro atoms. The molecular weight excluding hydrogens is 234 g/mol. The van der Waals surface area contributed by atoms with Crippen molar-refractivity contribution in [3.8, 4) is 6.07 Å². The second-order valence-electron chi connectivity index (χ2n) is 4.13. The predicted octanol–water partition coefficient (Wildman–Crippen LogP) is 1.03. The fourth-order valence-corrected chi connectivity index (χ4v) is 1.94. The highest BCUT2D eigenvalue weighted by Gasteiger charge is 2.19. The fraction of sp³-hybridized carbons (Fsp3) is 0.455. The maximum Gasteiger partial charge on any atom is 0.312 e. The minimum atomic E-state index is -0.530. The van der Waals surface area contributed by atoms with E-state index in [0.29, 0.717) is 12.6 Å². The Hall–Kier alpha value is -2.20. The van der Waals surface area contributed by atoms with Crippen LogP contribution in [0.4, 0.5) is 11.5 Å². The Balaban J connectivity index is 2.11. The van der Waals surface area contributed by atoms with E-state index >= 15 is 0 Å². The monoisotopic (exact) mass is 247 g/mol. The Morgan fingerprint density at radius 3 is 3.17 bits per heavy atom. The molecule has 1 aromatic heterocycles. The van der Waals surface area contributed by atoms with Crippen LogP contribution >= 0.6 is 0 Å². The number of nitrogens with one attached hydrogen (secondary N) is 2. The Morgan fingerprint density at radius 1 is 1.72 bits per heavy atom. The van der Waals surface area contributed by atoms with Crippen LogP contribution in [0.5, 0.6) is 0 Å². The summed E-state index contributed by atoms with van der Waals surface area (Å²) in [4.78, 5) is 14.3. The van der Waals surface area contributed by atoms with E-state index in [2.05, 4.69) is 15.6 Å². The molecule has 7 nitrogen and oxygen atoms in total. The molecule has 1 aliphatic heterocycles. The molecule has 2 heterocycles. The number of nitrogens with zero attached hydrogens (tertiary/aromatic N) is 3. The van der Waals surface area contributed by atoms with Crippen molar-refractivity contribution in [3.63, 3.8) is 0 Å². The van der Waals surface area contributed by atoms with Crippen LogP contribution < -0.4 is 10.6 Å². The molecule has 1 saturated heterocycles. The minimum absolute atomic E-state index is 0.160. The first-order valence-electron chi connectivity index (χ1n) is 5.72. The summed E-state index contributed by atoms with van der Waals surface area (Å²) in [6, 6.07) is 3.39. The molecular formula is C11H13N5O2. The molecule has 0 saturated carbocycles. The molecule has 0 aliphatic carbocycles. The van der Waals surface area contributed by atoms with E-state index in [9.17, 15) is 10.1 Å². The standard InChI is InChI=1S/C11H13N5O2/c12-5-8-4-10(16(17)18)11(14-6-8)15-7-9-2-1-3-13-9/h4,6,9,13H,1-3,7H2,(H,14,15). The summed E-state index contributed by atoms with van der Waals surface area (Å²) in [6.07, 6.45) is 3.50. The summed E-state index contributed by atoms with van der Waals surface area (Å²) in [5.74, 6) is 0.215. The molecule has 2 rings (SSSR count). The zero-order chi connectivity index (χ0) is 13.0. The Kier molecular flexibility index (Phi) is 3.69. The molecule has 94 valence electrons. The van der Waals surface area contributed by atoms with E-state index in [-0.39, 0.29) is 17.1 Å². The Bertz CT molecular complexity index is 491. The Labute approximate surface area is 104 Å². The lowest BCUT2D eigenvalue weighted by Gasteiger charge is -2.11. The van der Waals surface area contributed by atoms with Gasteiger partial charge in [-0.1, -0.05) is 0 Å². The third kappa shape index (κ3) is 2.73. The molecule has 1 unspecified atom stereocenters. The van der Waals surface area contributed by atoms with Gasteiger partial charge >= 0.3 is 5.69 Å². The number of aromatic nitrogens is 1. The van der Waals surface area contributed by atoms with Gasteiger partial charge in [-0.3, -0.25) is 10.1 Å². The first-order chi connectivity index (χ1) is 8.70. The van der Waals surface area contributed by atoms with Crippen molar-refractivity contribution in [3.05, 3.63) is 27.9 Å². The number of nitro groups is 1. The lowest BCUT2D eigenvalue weighted by molar-refractivity contribution is -0.384. The summed E-state index contributed by atoms with van der Waals surface area (Å²) in [7, 11) is 0. The quantitative estimate of drug-likeness (QED) is 0.608. The van der Waals surface area contributed by atoms with Crippen LogP contribution in [0, 0.1) is 21.4 Å². The van der Waals surface area contributed by atoms with Crippen molar-refractivity contribution in [2.45, 2.75) is 18.9 Å². The van der Waals surface area contributed by atoms with Crippen molar-refractivity contribution in [1.29, 1.82) is 5.26 Å². The maximum atomic E-state index is 10.9. The summed E-state index contributed by atoms with van der Waals surface area (Å²) in [5, 5.41) is 25.8. The predicted molar refractivity (Wildman–Crippen MR) is 65.1 cm³/mol. The maximum absolute atomic E-state index is 10.9. The zero-order valence-corrected chi connectivity index (χ0v) is 9.72. The van der Waals surface area contributed by atoms with Gasteiger partial charge in [-0.15, -0.1) is 0 Å². The molecule has 18 heavy (non-hydrogen) atoms. The first kappa shape index (κ1) is 12.3. The largest absolute Gasteiger partial charge is 0.363 e. The highest BCUT2D eigenvalue weighted by atomic mass is 16.6. The summed E-state index contributed by atoms with van der Waals surface area (Å²) < 4.78 is 0. The van der Waals surface area contributed by atoms with Crippen molar-refractivity contribution < 1.29 is 4.92 Å². The molecule has 2 N–H and O–H groups in total. The van der Waals surface area contributed by atoms with Crippen molar-refractivity contribution in [2.75, 3.05) is 18.4 Å². The number of rotatable bonds is 4. The lowest BCUT2D eigenvalue weighted by atomic mass is 10.2. The lowest BCUT2D eigenvalue weighted by Crippen LogP contribution is -2.29. The number of hydrogen-bond acceptors (Lipinski definition) is 6. The van der Waals surface area contributed by atoms with E-state index in [1.54, 1.807) is 0 Å². The van der Waals surface area contributed by atoms with Gasteiger partial charge in [-0.2, -0.15) is 5.26 Å². The van der Waals surface area contributed by atoms with Gasteiger partial charge in [0, 0.05) is 24.8 Å². The van der Waals surface area contributed by atoms with Gasteiger partial charge in [0.25, 0.3) is 0 Å². The molecule has 1 aliphatic rings. The normalized spacial score (nSPS) is 18.3. The summed E-state index contributed by atoms with van der Waals surface area (Å²) in [5.41, 5.74) is 0.0262. The third-order valence-electron chi connectivity index (χ3n) is 2.87. The SMILES string of the molecule is N#Cc1cnc(NCC2CCCN2)c([N+](=O)[O-])c1. The van der Waals surface area contributed by atoms with Crippen molar-refractivity contribution in [2.24, 2.45) is 0 Å². The highest BCUT2D eigenvalue weighted by Crippen LogP contribution is 2.22. The van der Waals surface area contributed by atoms with Crippen LogP contribution in [0.3, 0.4) is 0 Å². The van der Waals surface area contributed by atoms with E-state index in [1.165, 1.54) is 12.3 Å². The second-order valence-corrected chi connectivity index (χ2v) is 4.13. The van der Waals surface area contributed by atoms with Gasteiger partial charge in [0.1, 0.15) is 6.07 Å². The van der Waals surface area contributed by atoms with Crippen LogP contribution in [0.2, 0.25) is 0 Å². The molecule has 1 fully saturated rings. The second kappa shape index (κ2) is 5.42. The topological polar surface area (TPSA) is 104 Å². The fourth-order valence-electron chi connectivity index (χ4n) is 1.94. The molecule has 1 aromatic rings. The van der Waals surface area contributed by atoms with Crippen molar-refractivity contribution in [1.82, 2.24) is 10.3 Å². The molecule has 0 amide bonds. The van der Waals surface area contributed by atoms with Crippen LogP contribution in [0.15, 0.2) is 12.3 Å². The van der Waals surface area contributed by atoms with Gasteiger partial charge in [-0.05, 0) is 19.4 Å². The van der Waals surface area contributed by atoms with E-state index in [0.717, 1.165) is 19.4 Å². The summed E-state index contributed by atoms with van der Waals surface area (Å²) in [6.45, 7) is 1.58. The average molecular weight is 247 g/mol. The van der Waals surface area contributed by atoms with E-state index in [1.807, 2.05) is 6.07 Å². The molecule has 0 bridgehead atoms. The average Bonchev–Trinajstić information content (AvgIpc) is 2.89. The molecule has 0 aromatic carbocycles. The molecule has 0 radical (unpaired) electrons. The highest BCUT2D eigenvalue weighted by molar-refractivity contribution is 5.58. The van der Waals surface area contributed by atoms with Gasteiger partial charge in [0.05, 0.1) is 10.5 Å². The zero-order valence-electron chi connectivity index (χ0n) is 9.72. The number of anilines is 1. The van der Waals surface area contributed by atoms with Gasteiger partial charge in [-0.25, -0.2) is 4.98 Å². The van der Waals surface area contributed by atoms with Gasteiger partial charge < -0.3 is 10.6 Å².